The molecule has 1 fully saturated rings. The number of nitrogens with one attached hydrogen (secondary N) is 2. The summed E-state index contributed by atoms with van der Waals surface area (Å²) < 4.78 is 27.4. The number of fused-ring (bicyclic) bond motifs is 2. The van der Waals surface area contributed by atoms with Crippen LogP contribution in [0.4, 0.5) is 21.6 Å². The Morgan fingerprint density at radius 1 is 1.14 bits per heavy atom. The van der Waals surface area contributed by atoms with Crippen molar-refractivity contribution >= 4 is 22.8 Å². The summed E-state index contributed by atoms with van der Waals surface area (Å²) in [6.45, 7) is 6.14. The highest BCUT2D eigenvalue weighted by atomic mass is 19.1. The van der Waals surface area contributed by atoms with Gasteiger partial charge in [0, 0.05) is 50.7 Å². The maximum Gasteiger partial charge on any atom is 0.173 e. The van der Waals surface area contributed by atoms with Gasteiger partial charge in [0.2, 0.25) is 0 Å². The normalized spacial score (nSPS) is 17.5. The monoisotopic (exact) mass is 488 g/mol. The summed E-state index contributed by atoms with van der Waals surface area (Å²) in [7, 11) is 1.70. The van der Waals surface area contributed by atoms with Crippen LogP contribution < -0.4 is 15.5 Å². The van der Waals surface area contributed by atoms with E-state index in [0.717, 1.165) is 54.6 Å². The van der Waals surface area contributed by atoms with Crippen molar-refractivity contribution in [2.75, 3.05) is 43.6 Å². The fourth-order valence-electron chi connectivity index (χ4n) is 5.10. The molecule has 9 heteroatoms. The first kappa shape index (κ1) is 22.9. The Kier molecular flexibility index (Phi) is 6.04. The van der Waals surface area contributed by atoms with Gasteiger partial charge < -0.3 is 25.0 Å². The first-order valence-electron chi connectivity index (χ1n) is 12.2. The SMILES string of the molecule is COC[C@@H]1CN(c2ccc(Nc3ccc(-c4cnc5c(F)c(C)ccn45)c4c3CNC4)nc2)CCO1. The van der Waals surface area contributed by atoms with E-state index < -0.39 is 0 Å². The summed E-state index contributed by atoms with van der Waals surface area (Å²) in [5, 5.41) is 6.95. The minimum absolute atomic E-state index is 0.0728. The number of methoxy groups -OCH3 is 1. The lowest BCUT2D eigenvalue weighted by Crippen LogP contribution is -2.44. The van der Waals surface area contributed by atoms with Crippen molar-refractivity contribution in [3.05, 3.63) is 71.4 Å². The summed E-state index contributed by atoms with van der Waals surface area (Å²) in [6.07, 6.45) is 5.61. The highest BCUT2D eigenvalue weighted by Crippen LogP contribution is 2.35. The Hall–Kier alpha value is -3.53. The number of imidazole rings is 1. The van der Waals surface area contributed by atoms with Crippen molar-refractivity contribution in [3.63, 3.8) is 0 Å². The molecule has 5 heterocycles. The molecule has 2 aliphatic rings. The van der Waals surface area contributed by atoms with Gasteiger partial charge in [0.25, 0.3) is 0 Å². The molecule has 1 saturated heterocycles. The van der Waals surface area contributed by atoms with E-state index in [-0.39, 0.29) is 11.9 Å². The van der Waals surface area contributed by atoms with E-state index in [1.165, 1.54) is 11.1 Å². The van der Waals surface area contributed by atoms with E-state index >= 15 is 0 Å². The second-order valence-corrected chi connectivity index (χ2v) is 9.29. The fraction of sp³-hybridized carbons (Fsp3) is 0.333. The van der Waals surface area contributed by atoms with Crippen molar-refractivity contribution in [2.24, 2.45) is 0 Å². The van der Waals surface area contributed by atoms with Crippen LogP contribution in [0.3, 0.4) is 0 Å². The average molecular weight is 489 g/mol. The number of aromatic nitrogens is 3. The number of anilines is 3. The number of benzene rings is 1. The van der Waals surface area contributed by atoms with Crippen molar-refractivity contribution < 1.29 is 13.9 Å². The lowest BCUT2D eigenvalue weighted by molar-refractivity contribution is -0.0100. The predicted octanol–water partition coefficient (Wildman–Crippen LogP) is 4.04. The second-order valence-electron chi connectivity index (χ2n) is 9.29. The molecule has 1 aromatic carbocycles. The summed E-state index contributed by atoms with van der Waals surface area (Å²) in [4.78, 5) is 11.3. The van der Waals surface area contributed by atoms with Crippen molar-refractivity contribution in [1.82, 2.24) is 19.7 Å². The third-order valence-corrected chi connectivity index (χ3v) is 6.99. The molecule has 2 N–H and O–H groups in total. The molecule has 0 spiro atoms. The molecule has 0 radical (unpaired) electrons. The van der Waals surface area contributed by atoms with Gasteiger partial charge in [-0.05, 0) is 47.9 Å². The molecule has 6 rings (SSSR count). The molecule has 186 valence electrons. The smallest absolute Gasteiger partial charge is 0.173 e. The van der Waals surface area contributed by atoms with Gasteiger partial charge in [-0.1, -0.05) is 6.07 Å². The van der Waals surface area contributed by atoms with Crippen LogP contribution in [0.15, 0.2) is 48.9 Å². The van der Waals surface area contributed by atoms with Crippen LogP contribution in [0.1, 0.15) is 16.7 Å². The van der Waals surface area contributed by atoms with Gasteiger partial charge in [-0.2, -0.15) is 0 Å². The maximum absolute atomic E-state index is 14.6. The Morgan fingerprint density at radius 3 is 2.86 bits per heavy atom. The van der Waals surface area contributed by atoms with Gasteiger partial charge in [-0.25, -0.2) is 14.4 Å². The Labute approximate surface area is 209 Å². The molecule has 0 bridgehead atoms. The lowest BCUT2D eigenvalue weighted by atomic mass is 9.99. The van der Waals surface area contributed by atoms with E-state index in [1.807, 2.05) is 22.9 Å². The molecular weight excluding hydrogens is 459 g/mol. The van der Waals surface area contributed by atoms with E-state index in [4.69, 9.17) is 9.47 Å². The first-order valence-corrected chi connectivity index (χ1v) is 12.2. The number of morpholine rings is 1. The molecule has 0 aliphatic carbocycles. The highest BCUT2D eigenvalue weighted by molar-refractivity contribution is 5.76. The molecule has 0 saturated carbocycles. The zero-order chi connectivity index (χ0) is 24.6. The van der Waals surface area contributed by atoms with Crippen molar-refractivity contribution in [3.8, 4) is 11.3 Å². The topological polar surface area (TPSA) is 76.0 Å². The quantitative estimate of drug-likeness (QED) is 0.424. The zero-order valence-electron chi connectivity index (χ0n) is 20.4. The predicted molar refractivity (Wildman–Crippen MR) is 137 cm³/mol. The summed E-state index contributed by atoms with van der Waals surface area (Å²) in [5.74, 6) is 0.507. The number of aryl methyl sites for hydroxylation is 1. The second kappa shape index (κ2) is 9.50. The van der Waals surface area contributed by atoms with E-state index in [0.29, 0.717) is 24.4 Å². The Bertz CT molecular complexity index is 1400. The summed E-state index contributed by atoms with van der Waals surface area (Å²) in [5.41, 5.74) is 7.35. The zero-order valence-corrected chi connectivity index (χ0v) is 20.4. The van der Waals surface area contributed by atoms with Gasteiger partial charge in [0.1, 0.15) is 5.82 Å². The van der Waals surface area contributed by atoms with Crippen LogP contribution in [0.25, 0.3) is 16.9 Å². The van der Waals surface area contributed by atoms with Crippen LogP contribution in [0.2, 0.25) is 0 Å². The molecule has 0 amide bonds. The largest absolute Gasteiger partial charge is 0.382 e. The molecule has 0 unspecified atom stereocenters. The number of pyridine rings is 2. The lowest BCUT2D eigenvalue weighted by Gasteiger charge is -2.34. The highest BCUT2D eigenvalue weighted by Gasteiger charge is 2.23. The molecular formula is C27H29FN6O2. The third-order valence-electron chi connectivity index (χ3n) is 6.99. The van der Waals surface area contributed by atoms with Crippen LogP contribution in [-0.4, -0.2) is 53.9 Å². The van der Waals surface area contributed by atoms with Crippen LogP contribution >= 0.6 is 0 Å². The van der Waals surface area contributed by atoms with Crippen molar-refractivity contribution in [1.29, 1.82) is 0 Å². The molecule has 36 heavy (non-hydrogen) atoms. The van der Waals surface area contributed by atoms with Crippen LogP contribution in [0, 0.1) is 12.7 Å². The number of rotatable bonds is 6. The van der Waals surface area contributed by atoms with Gasteiger partial charge in [0.15, 0.2) is 11.5 Å². The number of hydrogen-bond donors (Lipinski definition) is 2. The minimum atomic E-state index is -0.280. The molecule has 3 aromatic heterocycles. The van der Waals surface area contributed by atoms with Crippen LogP contribution in [-0.2, 0) is 22.6 Å². The number of halogens is 1. The van der Waals surface area contributed by atoms with Gasteiger partial charge >= 0.3 is 0 Å². The Balaban J connectivity index is 1.25. The minimum Gasteiger partial charge on any atom is -0.382 e. The third kappa shape index (κ3) is 4.09. The van der Waals surface area contributed by atoms with Crippen molar-refractivity contribution in [2.45, 2.75) is 26.1 Å². The van der Waals surface area contributed by atoms with Gasteiger partial charge in [-0.3, -0.25) is 4.40 Å². The number of nitrogens with zero attached hydrogens (tertiary/aromatic N) is 4. The van der Waals surface area contributed by atoms with E-state index in [2.05, 4.69) is 43.7 Å². The van der Waals surface area contributed by atoms with Crippen LogP contribution in [0.5, 0.6) is 0 Å². The van der Waals surface area contributed by atoms with Gasteiger partial charge in [-0.15, -0.1) is 0 Å². The first-order chi connectivity index (χ1) is 17.6. The number of hydrogen-bond acceptors (Lipinski definition) is 7. The van der Waals surface area contributed by atoms with E-state index in [9.17, 15) is 4.39 Å². The fourth-order valence-corrected chi connectivity index (χ4v) is 5.10. The molecule has 8 nitrogen and oxygen atoms in total. The standard InChI is InChI=1S/C27H29FN6O2/c1-17-7-8-34-24(14-31-27(34)26(17)28)20-4-5-23(22-13-29-12-21(20)22)32-25-6-3-18(11-30-25)33-9-10-36-19(15-33)16-35-2/h3-8,11,14,19,29H,9-10,12-13,15-16H2,1-2H3,(H,30,32)/t19-/m0/s1. The Morgan fingerprint density at radius 2 is 2.03 bits per heavy atom. The summed E-state index contributed by atoms with van der Waals surface area (Å²) >= 11 is 0. The van der Waals surface area contributed by atoms with E-state index in [1.54, 1.807) is 26.3 Å². The average Bonchev–Trinajstić information content (AvgIpc) is 3.56. The number of ether oxygens (including phenoxy) is 2. The molecule has 2 aliphatic heterocycles. The summed E-state index contributed by atoms with van der Waals surface area (Å²) in [6, 6.07) is 10.0. The molecule has 1 atom stereocenters. The maximum atomic E-state index is 14.6. The molecule has 4 aromatic rings. The van der Waals surface area contributed by atoms with Gasteiger partial charge in [0.05, 0.1) is 43.1 Å².